The van der Waals surface area contributed by atoms with Crippen molar-refractivity contribution in [3.05, 3.63) is 47.7 Å². The van der Waals surface area contributed by atoms with Gasteiger partial charge < -0.3 is 20.7 Å². The second-order valence-corrected chi connectivity index (χ2v) is 7.18. The molecule has 7 nitrogen and oxygen atoms in total. The van der Waals surface area contributed by atoms with Crippen molar-refractivity contribution < 1.29 is 13.5 Å². The van der Waals surface area contributed by atoms with E-state index in [2.05, 4.69) is 45.8 Å². The van der Waals surface area contributed by atoms with Crippen LogP contribution in [0.1, 0.15) is 32.8 Å². The highest BCUT2D eigenvalue weighted by Gasteiger charge is 2.26. The largest absolute Gasteiger partial charge is 0.486 e. The zero-order valence-corrected chi connectivity index (χ0v) is 17.8. The number of ether oxygens (including phenoxy) is 1. The van der Waals surface area contributed by atoms with Crippen molar-refractivity contribution in [3.8, 4) is 5.75 Å². The first-order chi connectivity index (χ1) is 14.8. The van der Waals surface area contributed by atoms with E-state index in [9.17, 15) is 8.78 Å². The molecule has 3 rings (SSSR count). The zero-order valence-electron chi connectivity index (χ0n) is 17.8. The molecule has 0 saturated heterocycles. The third-order valence-corrected chi connectivity index (χ3v) is 5.05. The summed E-state index contributed by atoms with van der Waals surface area (Å²) < 4.78 is 35.0. The van der Waals surface area contributed by atoms with Gasteiger partial charge in [-0.05, 0) is 51.3 Å². The topological polar surface area (TPSA) is 88.1 Å². The van der Waals surface area contributed by atoms with E-state index in [0.29, 0.717) is 35.9 Å². The Labute approximate surface area is 180 Å². The lowest BCUT2D eigenvalue weighted by molar-refractivity contribution is 0.285. The Kier molecular flexibility index (Phi) is 6.84. The van der Waals surface area contributed by atoms with Crippen LogP contribution in [0.5, 0.6) is 5.75 Å². The molecular weight excluding hydrogens is 402 g/mol. The quantitative estimate of drug-likeness (QED) is 0.543. The van der Waals surface area contributed by atoms with Crippen LogP contribution in [0.4, 0.5) is 26.0 Å². The number of anilines is 2. The van der Waals surface area contributed by atoms with Crippen LogP contribution in [0.25, 0.3) is 5.70 Å². The van der Waals surface area contributed by atoms with Gasteiger partial charge in [0.15, 0.2) is 17.4 Å². The number of allylic oxidation sites excluding steroid dienone is 1. The Bertz CT molecular complexity index is 1020. The van der Waals surface area contributed by atoms with E-state index in [1.165, 1.54) is 19.2 Å². The predicted octanol–water partition coefficient (Wildman–Crippen LogP) is 4.44. The lowest BCUT2D eigenvalue weighted by atomic mass is 10.1. The molecule has 0 saturated carbocycles. The Morgan fingerprint density at radius 2 is 2.19 bits per heavy atom. The van der Waals surface area contributed by atoms with Gasteiger partial charge in [0.1, 0.15) is 12.4 Å². The number of rotatable bonds is 5. The summed E-state index contributed by atoms with van der Waals surface area (Å²) in [5.41, 5.74) is 7.03. The van der Waals surface area contributed by atoms with Gasteiger partial charge in [-0.25, -0.2) is 18.8 Å². The van der Waals surface area contributed by atoms with Gasteiger partial charge in [0, 0.05) is 11.6 Å². The number of pyridine rings is 1. The van der Waals surface area contributed by atoms with Crippen LogP contribution in [-0.2, 0) is 0 Å². The summed E-state index contributed by atoms with van der Waals surface area (Å²) in [6.45, 7) is 9.87. The minimum absolute atomic E-state index is 0.0115. The smallest absolute Gasteiger partial charge is 0.228 e. The summed E-state index contributed by atoms with van der Waals surface area (Å²) in [6.07, 6.45) is 2.32. The molecule has 9 heteroatoms. The van der Waals surface area contributed by atoms with Gasteiger partial charge in [-0.15, -0.1) is 0 Å². The Morgan fingerprint density at radius 1 is 1.42 bits per heavy atom. The molecule has 1 aromatic carbocycles. The lowest BCUT2D eigenvalue weighted by Crippen LogP contribution is -2.39. The second kappa shape index (κ2) is 9.55. The SMILES string of the molecule is C=NC(=Nc1ccc(N)cn1)N/C(=C(\C)F)c1cc(F)c2c(c1)N(C(C)CC)CCO2. The van der Waals surface area contributed by atoms with Crippen molar-refractivity contribution in [1.82, 2.24) is 10.3 Å². The minimum atomic E-state index is -0.564. The molecule has 1 atom stereocenters. The first-order valence-electron chi connectivity index (χ1n) is 9.97. The van der Waals surface area contributed by atoms with E-state index in [1.807, 2.05) is 0 Å². The van der Waals surface area contributed by atoms with Gasteiger partial charge in [-0.2, -0.15) is 4.99 Å². The molecule has 31 heavy (non-hydrogen) atoms. The van der Waals surface area contributed by atoms with E-state index < -0.39 is 11.6 Å². The van der Waals surface area contributed by atoms with Gasteiger partial charge in [-0.1, -0.05) is 6.92 Å². The molecule has 3 N–H and O–H groups in total. The van der Waals surface area contributed by atoms with Crippen LogP contribution >= 0.6 is 0 Å². The van der Waals surface area contributed by atoms with Crippen LogP contribution < -0.4 is 20.7 Å². The van der Waals surface area contributed by atoms with Crippen molar-refractivity contribution in [3.63, 3.8) is 0 Å². The third kappa shape index (κ3) is 4.99. The first-order valence-corrected chi connectivity index (χ1v) is 9.97. The fourth-order valence-corrected chi connectivity index (χ4v) is 3.27. The Balaban J connectivity index is 2.00. The number of halogens is 2. The number of fused-ring (bicyclic) bond motifs is 1. The molecule has 2 heterocycles. The number of benzene rings is 1. The molecule has 0 spiro atoms. The summed E-state index contributed by atoms with van der Waals surface area (Å²) in [7, 11) is 0. The van der Waals surface area contributed by atoms with Crippen LogP contribution in [0, 0.1) is 5.82 Å². The van der Waals surface area contributed by atoms with Crippen molar-refractivity contribution >= 4 is 35.6 Å². The number of guanidine groups is 1. The molecule has 1 aromatic heterocycles. The highest BCUT2D eigenvalue weighted by atomic mass is 19.1. The number of nitrogens with one attached hydrogen (secondary N) is 1. The Hall–Kier alpha value is -3.49. The average molecular weight is 428 g/mol. The summed E-state index contributed by atoms with van der Waals surface area (Å²) in [4.78, 5) is 14.2. The number of aromatic nitrogens is 1. The normalized spacial score (nSPS) is 15.5. The monoisotopic (exact) mass is 428 g/mol. The minimum Gasteiger partial charge on any atom is -0.486 e. The van der Waals surface area contributed by atoms with Crippen LogP contribution in [0.3, 0.4) is 0 Å². The van der Waals surface area contributed by atoms with E-state index in [4.69, 9.17) is 10.5 Å². The number of nitrogens with zero attached hydrogens (tertiary/aromatic N) is 4. The highest BCUT2D eigenvalue weighted by Crippen LogP contribution is 2.38. The molecule has 1 unspecified atom stereocenters. The fourth-order valence-electron chi connectivity index (χ4n) is 3.27. The van der Waals surface area contributed by atoms with Crippen molar-refractivity contribution in [2.24, 2.45) is 9.98 Å². The fraction of sp³-hybridized carbons (Fsp3) is 0.318. The van der Waals surface area contributed by atoms with Crippen LogP contribution in [0.2, 0.25) is 0 Å². The number of nitrogens with two attached hydrogens (primary N) is 1. The molecule has 0 fully saturated rings. The maximum absolute atomic E-state index is 14.9. The van der Waals surface area contributed by atoms with E-state index in [0.717, 1.165) is 6.42 Å². The third-order valence-electron chi connectivity index (χ3n) is 5.05. The maximum atomic E-state index is 14.9. The summed E-state index contributed by atoms with van der Waals surface area (Å²) in [6, 6.07) is 6.33. The number of aliphatic imine (C=N–C) groups is 2. The number of hydrogen-bond acceptors (Lipinski definition) is 5. The molecular formula is C22H26F2N6O. The molecule has 164 valence electrons. The Morgan fingerprint density at radius 3 is 2.81 bits per heavy atom. The summed E-state index contributed by atoms with van der Waals surface area (Å²) in [5, 5.41) is 2.80. The van der Waals surface area contributed by atoms with Gasteiger partial charge in [0.25, 0.3) is 0 Å². The van der Waals surface area contributed by atoms with Crippen molar-refractivity contribution in [2.75, 3.05) is 23.8 Å². The van der Waals surface area contributed by atoms with Crippen molar-refractivity contribution in [1.29, 1.82) is 0 Å². The number of nitrogen functional groups attached to an aromatic ring is 1. The van der Waals surface area contributed by atoms with Gasteiger partial charge in [0.05, 0.1) is 29.8 Å². The first kappa shape index (κ1) is 22.2. The van der Waals surface area contributed by atoms with Gasteiger partial charge >= 0.3 is 0 Å². The highest BCUT2D eigenvalue weighted by molar-refractivity contribution is 5.94. The van der Waals surface area contributed by atoms with Crippen molar-refractivity contribution in [2.45, 2.75) is 33.2 Å². The summed E-state index contributed by atoms with van der Waals surface area (Å²) in [5.74, 6) is -0.627. The molecule has 0 bridgehead atoms. The molecule has 2 aromatic rings. The lowest BCUT2D eigenvalue weighted by Gasteiger charge is -2.36. The van der Waals surface area contributed by atoms with Crippen LogP contribution in [-0.4, -0.2) is 36.9 Å². The summed E-state index contributed by atoms with van der Waals surface area (Å²) >= 11 is 0. The molecule has 0 radical (unpaired) electrons. The molecule has 1 aliphatic rings. The standard InChI is InChI=1S/C22H26F2N6O/c1-5-13(2)30-8-9-31-21-17(24)10-15(11-18(21)30)20(14(3)23)29-22(26-4)28-19-7-6-16(25)12-27-19/h6-7,10-13H,4-5,8-9,25H2,1-3H3,(H,27,28,29)/b20-14+. The van der Waals surface area contributed by atoms with E-state index in [-0.39, 0.29) is 23.4 Å². The predicted molar refractivity (Wildman–Crippen MR) is 121 cm³/mol. The number of hydrogen-bond donors (Lipinski definition) is 2. The molecule has 1 aliphatic heterocycles. The molecule has 0 aliphatic carbocycles. The van der Waals surface area contributed by atoms with Gasteiger partial charge in [0.2, 0.25) is 5.96 Å². The van der Waals surface area contributed by atoms with Gasteiger partial charge in [-0.3, -0.25) is 0 Å². The van der Waals surface area contributed by atoms with Crippen LogP contribution in [0.15, 0.2) is 46.3 Å². The van der Waals surface area contributed by atoms with E-state index >= 15 is 0 Å². The average Bonchev–Trinajstić information content (AvgIpc) is 2.76. The second-order valence-electron chi connectivity index (χ2n) is 7.18. The molecule has 0 amide bonds. The maximum Gasteiger partial charge on any atom is 0.228 e. The zero-order chi connectivity index (χ0) is 22.5. The van der Waals surface area contributed by atoms with E-state index in [1.54, 1.807) is 18.2 Å².